The number of amides is 1. The Balaban J connectivity index is 1.34. The highest BCUT2D eigenvalue weighted by atomic mass is 16.2. The summed E-state index contributed by atoms with van der Waals surface area (Å²) in [4.78, 5) is 28.7. The Bertz CT molecular complexity index is 1510. The first-order valence-electron chi connectivity index (χ1n) is 11.0. The molecule has 0 atom stereocenters. The van der Waals surface area contributed by atoms with Crippen molar-refractivity contribution < 1.29 is 4.79 Å². The lowest BCUT2D eigenvalue weighted by Crippen LogP contribution is -2.24. The molecule has 1 amide bonds. The average molecular weight is 435 g/mol. The second-order valence-electron chi connectivity index (χ2n) is 8.51. The van der Waals surface area contributed by atoms with E-state index < -0.39 is 0 Å². The van der Waals surface area contributed by atoms with Gasteiger partial charge in [0.1, 0.15) is 17.2 Å². The van der Waals surface area contributed by atoms with Crippen LogP contribution in [0.2, 0.25) is 0 Å². The fraction of sp³-hybridized carbons (Fsp3) is 0.154. The Kier molecular flexibility index (Phi) is 4.36. The van der Waals surface area contributed by atoms with E-state index in [0.717, 1.165) is 33.9 Å². The molecule has 0 saturated heterocycles. The van der Waals surface area contributed by atoms with Gasteiger partial charge in [0.05, 0.1) is 6.54 Å². The fourth-order valence-corrected chi connectivity index (χ4v) is 4.38. The summed E-state index contributed by atoms with van der Waals surface area (Å²) in [6.45, 7) is 4.72. The van der Waals surface area contributed by atoms with E-state index in [4.69, 9.17) is 4.98 Å². The van der Waals surface area contributed by atoms with Gasteiger partial charge < -0.3 is 8.97 Å². The van der Waals surface area contributed by atoms with Crippen molar-refractivity contribution in [1.82, 2.24) is 23.9 Å². The Morgan fingerprint density at radius 3 is 2.67 bits per heavy atom. The van der Waals surface area contributed by atoms with Gasteiger partial charge in [0.15, 0.2) is 5.82 Å². The quantitative estimate of drug-likeness (QED) is 0.399. The molecule has 4 aromatic heterocycles. The number of nitrogens with zero attached hydrogens (tertiary/aromatic N) is 6. The molecule has 0 bridgehead atoms. The van der Waals surface area contributed by atoms with Gasteiger partial charge in [-0.05, 0) is 60.9 Å². The number of imidazole rings is 2. The molecule has 0 saturated carbocycles. The second kappa shape index (κ2) is 7.41. The lowest BCUT2D eigenvalue weighted by Gasteiger charge is -2.16. The largest absolute Gasteiger partial charge is 0.327 e. The van der Waals surface area contributed by atoms with Crippen LogP contribution in [0.4, 0.5) is 5.82 Å². The zero-order valence-electron chi connectivity index (χ0n) is 18.4. The molecule has 1 aliphatic heterocycles. The molecule has 7 heteroatoms. The van der Waals surface area contributed by atoms with E-state index in [9.17, 15) is 4.79 Å². The number of rotatable bonds is 4. The minimum absolute atomic E-state index is 0.0348. The number of pyridine rings is 2. The van der Waals surface area contributed by atoms with Gasteiger partial charge in [-0.2, -0.15) is 0 Å². The number of fused-ring (bicyclic) bond motifs is 2. The molecule has 0 N–H and O–H groups in total. The maximum Gasteiger partial charge on any atom is 0.260 e. The third-order valence-electron chi connectivity index (χ3n) is 6.10. The zero-order valence-corrected chi connectivity index (χ0v) is 18.4. The van der Waals surface area contributed by atoms with Crippen LogP contribution in [0.15, 0.2) is 79.5 Å². The Morgan fingerprint density at radius 1 is 0.939 bits per heavy atom. The molecule has 5 aromatic rings. The first-order valence-corrected chi connectivity index (χ1v) is 11.0. The molecule has 0 radical (unpaired) electrons. The highest BCUT2D eigenvalue weighted by Gasteiger charge is 2.30. The van der Waals surface area contributed by atoms with Gasteiger partial charge in [-0.3, -0.25) is 9.69 Å². The molecule has 5 heterocycles. The topological polar surface area (TPSA) is 68.3 Å². The van der Waals surface area contributed by atoms with Gasteiger partial charge in [0.2, 0.25) is 0 Å². The number of aromatic nitrogens is 5. The van der Waals surface area contributed by atoms with E-state index in [2.05, 4.69) is 34.4 Å². The lowest BCUT2D eigenvalue weighted by atomic mass is 10.0. The summed E-state index contributed by atoms with van der Waals surface area (Å²) in [5.41, 5.74) is 5.41. The van der Waals surface area contributed by atoms with Crippen LogP contribution in [0.3, 0.4) is 0 Å². The van der Waals surface area contributed by atoms with Gasteiger partial charge in [0, 0.05) is 42.6 Å². The van der Waals surface area contributed by atoms with Gasteiger partial charge in [-0.15, -0.1) is 0 Å². The van der Waals surface area contributed by atoms with Gasteiger partial charge >= 0.3 is 0 Å². The van der Waals surface area contributed by atoms with Crippen molar-refractivity contribution in [3.8, 4) is 22.6 Å². The lowest BCUT2D eigenvalue weighted by molar-refractivity contribution is 0.0996. The summed E-state index contributed by atoms with van der Waals surface area (Å²) in [5.74, 6) is 1.40. The predicted molar refractivity (Wildman–Crippen MR) is 127 cm³/mol. The van der Waals surface area contributed by atoms with Crippen LogP contribution in [0.5, 0.6) is 0 Å². The molecule has 6 rings (SSSR count). The minimum atomic E-state index is -0.0348. The van der Waals surface area contributed by atoms with Crippen molar-refractivity contribution in [3.05, 3.63) is 90.6 Å². The molecule has 0 unspecified atom stereocenters. The van der Waals surface area contributed by atoms with Crippen LogP contribution < -0.4 is 4.90 Å². The van der Waals surface area contributed by atoms with Crippen molar-refractivity contribution in [2.45, 2.75) is 26.4 Å². The Hall–Kier alpha value is -4.26. The highest BCUT2D eigenvalue weighted by molar-refractivity contribution is 6.10. The van der Waals surface area contributed by atoms with Crippen molar-refractivity contribution >= 4 is 17.4 Å². The second-order valence-corrected chi connectivity index (χ2v) is 8.51. The molecular formula is C26H22N6O. The van der Waals surface area contributed by atoms with Crippen molar-refractivity contribution in [3.63, 3.8) is 0 Å². The van der Waals surface area contributed by atoms with Crippen LogP contribution in [0.25, 0.3) is 28.3 Å². The number of hydrogen-bond acceptors (Lipinski definition) is 4. The summed E-state index contributed by atoms with van der Waals surface area (Å²) >= 11 is 0. The maximum atomic E-state index is 13.4. The minimum Gasteiger partial charge on any atom is -0.327 e. The summed E-state index contributed by atoms with van der Waals surface area (Å²) in [5, 5.41) is 0. The van der Waals surface area contributed by atoms with Crippen molar-refractivity contribution in [2.75, 3.05) is 4.90 Å². The smallest absolute Gasteiger partial charge is 0.260 e. The first kappa shape index (κ1) is 19.4. The summed E-state index contributed by atoms with van der Waals surface area (Å²) in [6, 6.07) is 16.1. The standard InChI is InChI=1S/C26H22N6O/c1-17(2)31-13-11-28-25(31)22-4-3-5-24(29-22)32-16-20-7-6-18(14-21(20)26(32)33)19-8-9-23-27-10-12-30(23)15-19/h3-15,17H,16H2,1-2H3. The van der Waals surface area contributed by atoms with Crippen LogP contribution in [-0.4, -0.2) is 29.8 Å². The predicted octanol–water partition coefficient (Wildman–Crippen LogP) is 5.00. The summed E-state index contributed by atoms with van der Waals surface area (Å²) in [7, 11) is 0. The third-order valence-corrected chi connectivity index (χ3v) is 6.10. The van der Waals surface area contributed by atoms with Gasteiger partial charge in [-0.1, -0.05) is 18.2 Å². The molecule has 0 spiro atoms. The number of carbonyl (C=O) groups is 1. The molecule has 1 aromatic carbocycles. The van der Waals surface area contributed by atoms with Crippen molar-refractivity contribution in [2.24, 2.45) is 0 Å². The highest BCUT2D eigenvalue weighted by Crippen LogP contribution is 2.32. The summed E-state index contributed by atoms with van der Waals surface area (Å²) in [6.07, 6.45) is 9.46. The number of carbonyl (C=O) groups excluding carboxylic acids is 1. The van der Waals surface area contributed by atoms with Crippen LogP contribution in [0, 0.1) is 0 Å². The Morgan fingerprint density at radius 2 is 1.79 bits per heavy atom. The molecule has 33 heavy (non-hydrogen) atoms. The van der Waals surface area contributed by atoms with Crippen LogP contribution in [0.1, 0.15) is 35.8 Å². The first-order chi connectivity index (χ1) is 16.1. The molecule has 0 aliphatic carbocycles. The molecule has 162 valence electrons. The molecule has 0 fully saturated rings. The SMILES string of the molecule is CC(C)n1ccnc1-c1cccc(N2Cc3ccc(-c4ccc5nccn5c4)cc3C2=O)n1. The van der Waals surface area contributed by atoms with E-state index in [1.54, 1.807) is 17.3 Å². The number of anilines is 1. The van der Waals surface area contributed by atoms with Gasteiger partial charge in [0.25, 0.3) is 5.91 Å². The number of benzene rings is 1. The van der Waals surface area contributed by atoms with Crippen LogP contribution >= 0.6 is 0 Å². The van der Waals surface area contributed by atoms with E-state index in [0.29, 0.717) is 17.9 Å². The average Bonchev–Trinajstić information content (AvgIpc) is 3.57. The van der Waals surface area contributed by atoms with Gasteiger partial charge in [-0.25, -0.2) is 15.0 Å². The third kappa shape index (κ3) is 3.20. The molecule has 1 aliphatic rings. The fourth-order valence-electron chi connectivity index (χ4n) is 4.38. The van der Waals surface area contributed by atoms with E-state index >= 15 is 0 Å². The van der Waals surface area contributed by atoms with E-state index in [-0.39, 0.29) is 11.9 Å². The molecule has 7 nitrogen and oxygen atoms in total. The van der Waals surface area contributed by atoms with E-state index in [1.165, 1.54) is 0 Å². The zero-order chi connectivity index (χ0) is 22.5. The summed E-state index contributed by atoms with van der Waals surface area (Å²) < 4.78 is 4.06. The normalized spacial score (nSPS) is 13.3. The van der Waals surface area contributed by atoms with Crippen molar-refractivity contribution in [1.29, 1.82) is 0 Å². The molecular weight excluding hydrogens is 412 g/mol. The monoisotopic (exact) mass is 434 g/mol. The van der Waals surface area contributed by atoms with E-state index in [1.807, 2.05) is 65.5 Å². The van der Waals surface area contributed by atoms with Crippen LogP contribution in [-0.2, 0) is 6.54 Å². The maximum absolute atomic E-state index is 13.4. The number of hydrogen-bond donors (Lipinski definition) is 0. The Labute approximate surface area is 191 Å².